The van der Waals surface area contributed by atoms with Crippen molar-refractivity contribution in [1.29, 1.82) is 0 Å². The fourth-order valence-corrected chi connectivity index (χ4v) is 5.08. The molecule has 2 aliphatic rings. The van der Waals surface area contributed by atoms with E-state index in [0.29, 0.717) is 18.8 Å². The highest BCUT2D eigenvalue weighted by Gasteiger charge is 2.29. The lowest BCUT2D eigenvalue weighted by Crippen LogP contribution is -2.50. The Balaban J connectivity index is 1.55. The van der Waals surface area contributed by atoms with Crippen molar-refractivity contribution in [2.24, 2.45) is 0 Å². The molecule has 0 radical (unpaired) electrons. The van der Waals surface area contributed by atoms with E-state index in [2.05, 4.69) is 15.1 Å². The van der Waals surface area contributed by atoms with E-state index < -0.39 is 10.0 Å². The molecule has 9 heteroatoms. The number of carbonyl (C=O) groups is 1. The normalized spacial score (nSPS) is 20.2. The standard InChI is InChI=1S/C19H30N4O4S/c1-16-15-18(3-4-19(16)20-17(2)24)28(25,26)23-9-7-21(8-10-23)5-6-22-11-13-27-14-12-22/h3-4,15H,5-14H2,1-2H3,(H,20,24). The van der Waals surface area contributed by atoms with Crippen LogP contribution in [0.3, 0.4) is 0 Å². The Labute approximate surface area is 167 Å². The molecular formula is C19H30N4O4S. The molecule has 1 amide bonds. The maximum Gasteiger partial charge on any atom is 0.243 e. The lowest BCUT2D eigenvalue weighted by Gasteiger charge is -2.35. The van der Waals surface area contributed by atoms with Gasteiger partial charge in [0, 0.05) is 65.0 Å². The van der Waals surface area contributed by atoms with Crippen LogP contribution < -0.4 is 5.32 Å². The molecule has 0 bridgehead atoms. The van der Waals surface area contributed by atoms with Gasteiger partial charge in [0.25, 0.3) is 0 Å². The average molecular weight is 411 g/mol. The number of piperazine rings is 1. The van der Waals surface area contributed by atoms with Crippen LogP contribution in [0.1, 0.15) is 12.5 Å². The third kappa shape index (κ3) is 5.30. The zero-order valence-electron chi connectivity index (χ0n) is 16.7. The quantitative estimate of drug-likeness (QED) is 0.739. The summed E-state index contributed by atoms with van der Waals surface area (Å²) in [6, 6.07) is 4.85. The Kier molecular flexibility index (Phi) is 7.05. The van der Waals surface area contributed by atoms with Crippen LogP contribution in [0.4, 0.5) is 5.69 Å². The van der Waals surface area contributed by atoms with Crippen molar-refractivity contribution in [3.63, 3.8) is 0 Å². The summed E-state index contributed by atoms with van der Waals surface area (Å²) >= 11 is 0. The number of anilines is 1. The molecule has 0 spiro atoms. The molecule has 1 aromatic carbocycles. The molecule has 0 saturated carbocycles. The van der Waals surface area contributed by atoms with Crippen LogP contribution in [-0.4, -0.2) is 94.0 Å². The van der Waals surface area contributed by atoms with E-state index in [1.165, 1.54) is 6.92 Å². The lowest BCUT2D eigenvalue weighted by atomic mass is 10.2. The Hall–Kier alpha value is -1.52. The summed E-state index contributed by atoms with van der Waals surface area (Å²) < 4.78 is 32.9. The number of carbonyl (C=O) groups excluding carboxylic acids is 1. The number of ether oxygens (including phenoxy) is 1. The smallest absolute Gasteiger partial charge is 0.243 e. The highest BCUT2D eigenvalue weighted by Crippen LogP contribution is 2.23. The largest absolute Gasteiger partial charge is 0.379 e. The average Bonchev–Trinajstić information content (AvgIpc) is 2.68. The fourth-order valence-electron chi connectivity index (χ4n) is 3.58. The van der Waals surface area contributed by atoms with E-state index in [1.54, 1.807) is 29.4 Å². The molecule has 156 valence electrons. The van der Waals surface area contributed by atoms with Crippen LogP contribution in [0.25, 0.3) is 0 Å². The van der Waals surface area contributed by atoms with Crippen molar-refractivity contribution in [1.82, 2.24) is 14.1 Å². The number of benzene rings is 1. The first kappa shape index (κ1) is 21.2. The van der Waals surface area contributed by atoms with Gasteiger partial charge in [0.2, 0.25) is 15.9 Å². The van der Waals surface area contributed by atoms with Gasteiger partial charge in [-0.25, -0.2) is 8.42 Å². The molecule has 1 aromatic rings. The molecule has 2 aliphatic heterocycles. The molecule has 0 atom stereocenters. The summed E-state index contributed by atoms with van der Waals surface area (Å²) in [5.41, 5.74) is 1.37. The highest BCUT2D eigenvalue weighted by atomic mass is 32.2. The second kappa shape index (κ2) is 9.32. The number of rotatable bonds is 6. The zero-order chi connectivity index (χ0) is 20.1. The molecule has 3 rings (SSSR count). The first-order valence-electron chi connectivity index (χ1n) is 9.77. The summed E-state index contributed by atoms with van der Waals surface area (Å²) in [5.74, 6) is -0.174. The van der Waals surface area contributed by atoms with Crippen LogP contribution in [0.15, 0.2) is 23.1 Å². The van der Waals surface area contributed by atoms with E-state index in [-0.39, 0.29) is 10.8 Å². The van der Waals surface area contributed by atoms with Crippen molar-refractivity contribution in [2.45, 2.75) is 18.7 Å². The number of amides is 1. The maximum absolute atomic E-state index is 13.0. The summed E-state index contributed by atoms with van der Waals surface area (Å²) in [5, 5.41) is 2.71. The highest BCUT2D eigenvalue weighted by molar-refractivity contribution is 7.89. The van der Waals surface area contributed by atoms with Gasteiger partial charge in [-0.05, 0) is 30.7 Å². The third-order valence-electron chi connectivity index (χ3n) is 5.31. The third-order valence-corrected chi connectivity index (χ3v) is 7.21. The van der Waals surface area contributed by atoms with Crippen molar-refractivity contribution >= 4 is 21.6 Å². The van der Waals surface area contributed by atoms with Crippen LogP contribution in [0, 0.1) is 6.92 Å². The van der Waals surface area contributed by atoms with E-state index in [1.807, 2.05) is 0 Å². The predicted octanol–water partition coefficient (Wildman–Crippen LogP) is 0.592. The molecule has 2 heterocycles. The SMILES string of the molecule is CC(=O)Nc1ccc(S(=O)(=O)N2CCN(CCN3CCOCC3)CC2)cc1C. The Morgan fingerprint density at radius 3 is 2.21 bits per heavy atom. The van der Waals surface area contributed by atoms with Crippen LogP contribution in [-0.2, 0) is 19.6 Å². The van der Waals surface area contributed by atoms with Gasteiger partial charge in [-0.1, -0.05) is 0 Å². The number of sulfonamides is 1. The molecule has 2 fully saturated rings. The van der Waals surface area contributed by atoms with Gasteiger partial charge >= 0.3 is 0 Å². The molecule has 1 N–H and O–H groups in total. The number of nitrogens with zero attached hydrogens (tertiary/aromatic N) is 3. The van der Waals surface area contributed by atoms with Crippen molar-refractivity contribution in [2.75, 3.05) is 70.9 Å². The predicted molar refractivity (Wildman–Crippen MR) is 108 cm³/mol. The second-order valence-corrected chi connectivity index (χ2v) is 9.30. The number of hydrogen-bond acceptors (Lipinski definition) is 6. The molecule has 0 unspecified atom stereocenters. The first-order chi connectivity index (χ1) is 13.4. The van der Waals surface area contributed by atoms with Crippen LogP contribution in [0.2, 0.25) is 0 Å². The van der Waals surface area contributed by atoms with Gasteiger partial charge in [0.1, 0.15) is 0 Å². The van der Waals surface area contributed by atoms with E-state index in [0.717, 1.165) is 58.0 Å². The van der Waals surface area contributed by atoms with Crippen molar-refractivity contribution in [3.8, 4) is 0 Å². The van der Waals surface area contributed by atoms with Crippen molar-refractivity contribution in [3.05, 3.63) is 23.8 Å². The van der Waals surface area contributed by atoms with Gasteiger partial charge < -0.3 is 10.1 Å². The number of aryl methyl sites for hydroxylation is 1. The lowest BCUT2D eigenvalue weighted by molar-refractivity contribution is -0.114. The van der Waals surface area contributed by atoms with E-state index in [4.69, 9.17) is 4.74 Å². The minimum absolute atomic E-state index is 0.174. The van der Waals surface area contributed by atoms with Crippen LogP contribution >= 0.6 is 0 Å². The number of morpholine rings is 1. The van der Waals surface area contributed by atoms with Gasteiger partial charge in [0.05, 0.1) is 18.1 Å². The molecule has 0 aliphatic carbocycles. The summed E-state index contributed by atoms with van der Waals surface area (Å²) in [6.45, 7) is 11.2. The van der Waals surface area contributed by atoms with E-state index >= 15 is 0 Å². The van der Waals surface area contributed by atoms with Crippen LogP contribution in [0.5, 0.6) is 0 Å². The second-order valence-electron chi connectivity index (χ2n) is 7.36. The molecule has 8 nitrogen and oxygen atoms in total. The maximum atomic E-state index is 13.0. The molecular weight excluding hydrogens is 380 g/mol. The number of nitrogens with one attached hydrogen (secondary N) is 1. The first-order valence-corrected chi connectivity index (χ1v) is 11.2. The van der Waals surface area contributed by atoms with Gasteiger partial charge in [0.15, 0.2) is 0 Å². The fraction of sp³-hybridized carbons (Fsp3) is 0.632. The minimum Gasteiger partial charge on any atom is -0.379 e. The Bertz CT molecular complexity index is 785. The Morgan fingerprint density at radius 2 is 1.64 bits per heavy atom. The Morgan fingerprint density at radius 1 is 1.04 bits per heavy atom. The monoisotopic (exact) mass is 410 g/mol. The zero-order valence-corrected chi connectivity index (χ0v) is 17.5. The van der Waals surface area contributed by atoms with E-state index in [9.17, 15) is 13.2 Å². The molecule has 0 aromatic heterocycles. The van der Waals surface area contributed by atoms with Crippen molar-refractivity contribution < 1.29 is 17.9 Å². The van der Waals surface area contributed by atoms with Gasteiger partial charge in [-0.3, -0.25) is 14.6 Å². The topological polar surface area (TPSA) is 82.2 Å². The van der Waals surface area contributed by atoms with Gasteiger partial charge in [-0.15, -0.1) is 0 Å². The molecule has 2 saturated heterocycles. The minimum atomic E-state index is -3.52. The van der Waals surface area contributed by atoms with Gasteiger partial charge in [-0.2, -0.15) is 4.31 Å². The summed E-state index contributed by atoms with van der Waals surface area (Å²) in [6.07, 6.45) is 0. The summed E-state index contributed by atoms with van der Waals surface area (Å²) in [7, 11) is -3.52. The summed E-state index contributed by atoms with van der Waals surface area (Å²) in [4.78, 5) is 16.2. The molecule has 28 heavy (non-hydrogen) atoms. The number of hydrogen-bond donors (Lipinski definition) is 1.